The van der Waals surface area contributed by atoms with Crippen LogP contribution in [0.2, 0.25) is 5.28 Å². The van der Waals surface area contributed by atoms with E-state index < -0.39 is 0 Å². The molecule has 0 aromatic carbocycles. The van der Waals surface area contributed by atoms with E-state index in [-0.39, 0.29) is 0 Å². The molecule has 0 unspecified atom stereocenters. The Morgan fingerprint density at radius 2 is 2.00 bits per heavy atom. The quantitative estimate of drug-likeness (QED) is 0.727. The van der Waals surface area contributed by atoms with Crippen molar-refractivity contribution in [2.75, 3.05) is 11.4 Å². The molecule has 0 amide bonds. The van der Waals surface area contributed by atoms with Crippen LogP contribution in [-0.2, 0) is 0 Å². The lowest BCUT2D eigenvalue weighted by Crippen LogP contribution is -2.47. The number of hydrogen-bond acceptors (Lipinski definition) is 3. The Bertz CT molecular complexity index is 433. The number of anilines is 1. The lowest BCUT2D eigenvalue weighted by Gasteiger charge is -2.45. The van der Waals surface area contributed by atoms with Gasteiger partial charge in [0.1, 0.15) is 5.82 Å². The second kappa shape index (κ2) is 5.04. The highest BCUT2D eigenvalue weighted by molar-refractivity contribution is 6.28. The van der Waals surface area contributed by atoms with Gasteiger partial charge in [-0.05, 0) is 50.1 Å². The zero-order valence-electron chi connectivity index (χ0n) is 10.9. The number of rotatable bonds is 1. The fourth-order valence-electron chi connectivity index (χ4n) is 3.59. The third-order valence-electron chi connectivity index (χ3n) is 4.43. The van der Waals surface area contributed by atoms with Crippen LogP contribution < -0.4 is 4.90 Å². The zero-order chi connectivity index (χ0) is 12.5. The predicted molar refractivity (Wildman–Crippen MR) is 74.1 cm³/mol. The summed E-state index contributed by atoms with van der Waals surface area (Å²) in [6, 6.07) is 0.678. The molecule has 1 aliphatic carbocycles. The summed E-state index contributed by atoms with van der Waals surface area (Å²) in [6.07, 6.45) is 9.97. The van der Waals surface area contributed by atoms with Crippen LogP contribution in [0, 0.1) is 12.8 Å². The standard InChI is InChI=1S/C14H20ClN3/c1-10-9-16-14(15)17-13(10)18-8-4-6-11-5-2-3-7-12(11)18/h9,11-12H,2-8H2,1H3/t11-,12-/m1/s1. The molecule has 0 spiro atoms. The minimum atomic E-state index is 0.369. The van der Waals surface area contributed by atoms with E-state index in [1.807, 2.05) is 6.20 Å². The first kappa shape index (κ1) is 12.2. The van der Waals surface area contributed by atoms with Crippen molar-refractivity contribution >= 4 is 17.4 Å². The minimum absolute atomic E-state index is 0.369. The predicted octanol–water partition coefficient (Wildman–Crippen LogP) is 3.60. The Hall–Kier alpha value is -0.830. The van der Waals surface area contributed by atoms with E-state index in [9.17, 15) is 0 Å². The lowest BCUT2D eigenvalue weighted by atomic mass is 9.78. The molecule has 2 aliphatic rings. The second-order valence-corrected chi connectivity index (χ2v) is 5.93. The maximum absolute atomic E-state index is 5.96. The molecular formula is C14H20ClN3. The van der Waals surface area contributed by atoms with E-state index >= 15 is 0 Å². The summed E-state index contributed by atoms with van der Waals surface area (Å²) in [5.41, 5.74) is 1.14. The van der Waals surface area contributed by atoms with Gasteiger partial charge in [-0.1, -0.05) is 12.8 Å². The van der Waals surface area contributed by atoms with Gasteiger partial charge in [-0.3, -0.25) is 0 Å². The van der Waals surface area contributed by atoms with E-state index in [2.05, 4.69) is 21.8 Å². The van der Waals surface area contributed by atoms with E-state index in [0.29, 0.717) is 11.3 Å². The minimum Gasteiger partial charge on any atom is -0.353 e. The number of piperidine rings is 1. The van der Waals surface area contributed by atoms with E-state index in [1.54, 1.807) is 0 Å². The smallest absolute Gasteiger partial charge is 0.224 e. The fraction of sp³-hybridized carbons (Fsp3) is 0.714. The van der Waals surface area contributed by atoms with Gasteiger partial charge in [0.15, 0.2) is 0 Å². The highest BCUT2D eigenvalue weighted by atomic mass is 35.5. The Balaban J connectivity index is 1.91. The Morgan fingerprint density at radius 3 is 2.89 bits per heavy atom. The molecule has 1 aromatic rings. The van der Waals surface area contributed by atoms with Crippen LogP contribution in [0.3, 0.4) is 0 Å². The molecule has 18 heavy (non-hydrogen) atoms. The van der Waals surface area contributed by atoms with Crippen LogP contribution in [0.5, 0.6) is 0 Å². The average molecular weight is 266 g/mol. The number of halogens is 1. The molecule has 98 valence electrons. The van der Waals surface area contributed by atoms with Gasteiger partial charge in [0.25, 0.3) is 0 Å². The van der Waals surface area contributed by atoms with Crippen LogP contribution in [0.4, 0.5) is 5.82 Å². The molecule has 2 atom stereocenters. The third kappa shape index (κ3) is 2.20. The topological polar surface area (TPSA) is 29.0 Å². The zero-order valence-corrected chi connectivity index (χ0v) is 11.7. The normalized spacial score (nSPS) is 28.0. The van der Waals surface area contributed by atoms with Gasteiger partial charge >= 0.3 is 0 Å². The van der Waals surface area contributed by atoms with Gasteiger partial charge in [-0.15, -0.1) is 0 Å². The van der Waals surface area contributed by atoms with Crippen LogP contribution in [0.25, 0.3) is 0 Å². The van der Waals surface area contributed by atoms with Crippen LogP contribution in [-0.4, -0.2) is 22.6 Å². The molecule has 1 aliphatic heterocycles. The molecule has 0 bridgehead atoms. The Labute approximate surface area is 114 Å². The van der Waals surface area contributed by atoms with Crippen molar-refractivity contribution in [2.45, 2.75) is 51.5 Å². The average Bonchev–Trinajstić information content (AvgIpc) is 2.41. The van der Waals surface area contributed by atoms with E-state index in [4.69, 9.17) is 11.6 Å². The molecule has 1 aromatic heterocycles. The number of aromatic nitrogens is 2. The summed E-state index contributed by atoms with van der Waals surface area (Å²) in [5.74, 6) is 1.92. The first-order valence-electron chi connectivity index (χ1n) is 7.01. The van der Waals surface area contributed by atoms with Gasteiger partial charge in [0, 0.05) is 24.3 Å². The van der Waals surface area contributed by atoms with Crippen molar-refractivity contribution in [2.24, 2.45) is 5.92 Å². The first-order chi connectivity index (χ1) is 8.75. The van der Waals surface area contributed by atoms with Crippen molar-refractivity contribution in [1.29, 1.82) is 0 Å². The Kier molecular flexibility index (Phi) is 3.42. The van der Waals surface area contributed by atoms with Crippen LogP contribution >= 0.6 is 11.6 Å². The van der Waals surface area contributed by atoms with Crippen molar-refractivity contribution in [3.63, 3.8) is 0 Å². The number of fused-ring (bicyclic) bond motifs is 1. The monoisotopic (exact) mass is 265 g/mol. The summed E-state index contributed by atoms with van der Waals surface area (Å²) in [6.45, 7) is 3.20. The second-order valence-electron chi connectivity index (χ2n) is 5.59. The maximum Gasteiger partial charge on any atom is 0.224 e. The molecule has 3 rings (SSSR count). The van der Waals surface area contributed by atoms with Gasteiger partial charge in [-0.2, -0.15) is 0 Å². The SMILES string of the molecule is Cc1cnc(Cl)nc1N1CCC[C@H]2CCCC[C@H]21. The molecular weight excluding hydrogens is 246 g/mol. The van der Waals surface area contributed by atoms with E-state index in [0.717, 1.165) is 23.8 Å². The van der Waals surface area contributed by atoms with E-state index in [1.165, 1.54) is 38.5 Å². The van der Waals surface area contributed by atoms with Crippen molar-refractivity contribution < 1.29 is 0 Å². The number of nitrogens with zero attached hydrogens (tertiary/aromatic N) is 3. The van der Waals surface area contributed by atoms with Gasteiger partial charge < -0.3 is 4.90 Å². The van der Waals surface area contributed by atoms with Gasteiger partial charge in [0.2, 0.25) is 5.28 Å². The largest absolute Gasteiger partial charge is 0.353 e. The summed E-state index contributed by atoms with van der Waals surface area (Å²) in [5, 5.41) is 0.369. The summed E-state index contributed by atoms with van der Waals surface area (Å²) < 4.78 is 0. The van der Waals surface area contributed by atoms with Crippen molar-refractivity contribution in [3.05, 3.63) is 17.0 Å². The molecule has 3 nitrogen and oxygen atoms in total. The first-order valence-corrected chi connectivity index (χ1v) is 7.39. The van der Waals surface area contributed by atoms with Crippen molar-refractivity contribution in [3.8, 4) is 0 Å². The molecule has 1 saturated carbocycles. The molecule has 2 fully saturated rings. The molecule has 0 radical (unpaired) electrons. The third-order valence-corrected chi connectivity index (χ3v) is 4.61. The number of hydrogen-bond donors (Lipinski definition) is 0. The van der Waals surface area contributed by atoms with Crippen molar-refractivity contribution in [1.82, 2.24) is 9.97 Å². The lowest BCUT2D eigenvalue weighted by molar-refractivity contribution is 0.242. The number of aryl methyl sites for hydroxylation is 1. The molecule has 2 heterocycles. The molecule has 1 saturated heterocycles. The van der Waals surface area contributed by atoms with Gasteiger partial charge in [0.05, 0.1) is 0 Å². The summed E-state index contributed by atoms with van der Waals surface area (Å²) >= 11 is 5.96. The fourth-order valence-corrected chi connectivity index (χ4v) is 3.72. The molecule has 4 heteroatoms. The van der Waals surface area contributed by atoms with Gasteiger partial charge in [-0.25, -0.2) is 9.97 Å². The van der Waals surface area contributed by atoms with Crippen LogP contribution in [0.15, 0.2) is 6.20 Å². The summed E-state index contributed by atoms with van der Waals surface area (Å²) in [4.78, 5) is 11.0. The Morgan fingerprint density at radius 1 is 1.22 bits per heavy atom. The van der Waals surface area contributed by atoms with Crippen LogP contribution in [0.1, 0.15) is 44.1 Å². The summed E-state index contributed by atoms with van der Waals surface area (Å²) in [7, 11) is 0. The maximum atomic E-state index is 5.96. The molecule has 0 N–H and O–H groups in total. The highest BCUT2D eigenvalue weighted by Crippen LogP contribution is 2.38. The highest BCUT2D eigenvalue weighted by Gasteiger charge is 2.34.